The van der Waals surface area contributed by atoms with Crippen LogP contribution in [0.3, 0.4) is 0 Å². The highest BCUT2D eigenvalue weighted by Crippen LogP contribution is 2.30. The van der Waals surface area contributed by atoms with E-state index < -0.39 is 0 Å². The van der Waals surface area contributed by atoms with Crippen molar-refractivity contribution in [2.45, 2.75) is 13.3 Å². The number of fused-ring (bicyclic) bond motifs is 1. The van der Waals surface area contributed by atoms with Crippen molar-refractivity contribution in [2.75, 3.05) is 18.5 Å². The summed E-state index contributed by atoms with van der Waals surface area (Å²) in [6.07, 6.45) is 4.86. The third kappa shape index (κ3) is 4.29. The number of anilines is 2. The molecule has 28 heavy (non-hydrogen) atoms. The highest BCUT2D eigenvalue weighted by Gasteiger charge is 2.11. The Balaban J connectivity index is 1.47. The van der Waals surface area contributed by atoms with Gasteiger partial charge in [-0.15, -0.1) is 0 Å². The Kier molecular flexibility index (Phi) is 5.21. The van der Waals surface area contributed by atoms with E-state index in [1.807, 2.05) is 36.4 Å². The fraction of sp³-hybridized carbons (Fsp3) is 0.182. The van der Waals surface area contributed by atoms with E-state index in [2.05, 4.69) is 34.4 Å². The summed E-state index contributed by atoms with van der Waals surface area (Å²) in [6, 6.07) is 15.4. The molecule has 0 radical (unpaired) electrons. The van der Waals surface area contributed by atoms with E-state index in [1.54, 1.807) is 12.3 Å². The first-order valence-electron chi connectivity index (χ1n) is 9.20. The second-order valence-electron chi connectivity index (χ2n) is 6.64. The van der Waals surface area contributed by atoms with Gasteiger partial charge in [0.15, 0.2) is 0 Å². The Hall–Kier alpha value is -3.38. The second kappa shape index (κ2) is 8.10. The van der Waals surface area contributed by atoms with Gasteiger partial charge in [-0.2, -0.15) is 4.98 Å². The van der Waals surface area contributed by atoms with Crippen molar-refractivity contribution >= 4 is 17.7 Å². The summed E-state index contributed by atoms with van der Waals surface area (Å²) in [5.41, 5.74) is 10.2. The number of nitrogens with zero attached hydrogens (tertiary/aromatic N) is 2. The summed E-state index contributed by atoms with van der Waals surface area (Å²) in [7, 11) is 0. The van der Waals surface area contributed by atoms with E-state index in [1.165, 1.54) is 16.7 Å². The van der Waals surface area contributed by atoms with Crippen LogP contribution in [0.5, 0.6) is 17.4 Å². The van der Waals surface area contributed by atoms with Crippen molar-refractivity contribution in [3.63, 3.8) is 0 Å². The molecular weight excluding hydrogens is 352 g/mol. The van der Waals surface area contributed by atoms with Gasteiger partial charge in [0.05, 0.1) is 0 Å². The molecule has 0 spiro atoms. The first-order valence-corrected chi connectivity index (χ1v) is 9.20. The second-order valence-corrected chi connectivity index (χ2v) is 6.64. The third-order valence-electron chi connectivity index (χ3n) is 4.32. The van der Waals surface area contributed by atoms with Crippen LogP contribution in [0.15, 0.2) is 60.3 Å². The third-order valence-corrected chi connectivity index (χ3v) is 4.32. The lowest BCUT2D eigenvalue weighted by Gasteiger charge is -2.10. The molecule has 0 unspecified atom stereocenters. The van der Waals surface area contributed by atoms with Gasteiger partial charge in [-0.3, -0.25) is 0 Å². The highest BCUT2D eigenvalue weighted by atomic mass is 16.5. The standard InChI is InChI=1S/C22H22N4O2/c1-15-11-16-5-6-20(13-17(16)12-15)28-21-7-9-24-22(26-21)25-18-3-2-4-19(14-18)27-10-8-23/h2-7,9,12-14H,8,10-11,23H2,1H3,(H,24,25,26). The zero-order chi connectivity index (χ0) is 19.3. The maximum Gasteiger partial charge on any atom is 0.230 e. The lowest BCUT2D eigenvalue weighted by Crippen LogP contribution is -2.10. The minimum atomic E-state index is 0.449. The molecule has 1 aliphatic carbocycles. The van der Waals surface area contributed by atoms with Crippen LogP contribution in [0, 0.1) is 0 Å². The van der Waals surface area contributed by atoms with E-state index in [0.29, 0.717) is 25.0 Å². The van der Waals surface area contributed by atoms with Crippen molar-refractivity contribution in [1.29, 1.82) is 0 Å². The van der Waals surface area contributed by atoms with Crippen LogP contribution < -0.4 is 20.5 Å². The molecule has 3 N–H and O–H groups in total. The summed E-state index contributed by atoms with van der Waals surface area (Å²) in [5.74, 6) is 2.42. The van der Waals surface area contributed by atoms with Gasteiger partial charge in [0.1, 0.15) is 18.1 Å². The maximum atomic E-state index is 5.94. The molecule has 2 aromatic carbocycles. The SMILES string of the molecule is CC1=Cc2cc(Oc3ccnc(Nc4cccc(OCCN)c4)n3)ccc2C1. The maximum absolute atomic E-state index is 5.94. The molecule has 6 nitrogen and oxygen atoms in total. The van der Waals surface area contributed by atoms with Gasteiger partial charge in [0.25, 0.3) is 0 Å². The van der Waals surface area contributed by atoms with Gasteiger partial charge in [0.2, 0.25) is 11.8 Å². The Labute approximate surface area is 164 Å². The van der Waals surface area contributed by atoms with Crippen molar-refractivity contribution in [1.82, 2.24) is 9.97 Å². The number of nitrogens with one attached hydrogen (secondary N) is 1. The summed E-state index contributed by atoms with van der Waals surface area (Å²) in [6.45, 7) is 3.08. The van der Waals surface area contributed by atoms with Crippen LogP contribution in [0.25, 0.3) is 6.08 Å². The summed E-state index contributed by atoms with van der Waals surface area (Å²) >= 11 is 0. The minimum Gasteiger partial charge on any atom is -0.492 e. The molecule has 1 aliphatic rings. The quantitative estimate of drug-likeness (QED) is 0.641. The lowest BCUT2D eigenvalue weighted by molar-refractivity contribution is 0.328. The molecule has 0 atom stereocenters. The number of benzene rings is 2. The largest absolute Gasteiger partial charge is 0.492 e. The highest BCUT2D eigenvalue weighted by molar-refractivity contribution is 5.65. The summed E-state index contributed by atoms with van der Waals surface area (Å²) in [5, 5.41) is 3.17. The number of rotatable bonds is 7. The Bertz CT molecular complexity index is 1020. The fourth-order valence-electron chi connectivity index (χ4n) is 3.10. The number of hydrogen-bond acceptors (Lipinski definition) is 6. The van der Waals surface area contributed by atoms with Crippen LogP contribution in [-0.4, -0.2) is 23.1 Å². The van der Waals surface area contributed by atoms with Crippen LogP contribution in [-0.2, 0) is 6.42 Å². The van der Waals surface area contributed by atoms with Gasteiger partial charge >= 0.3 is 0 Å². The van der Waals surface area contributed by atoms with E-state index >= 15 is 0 Å². The molecule has 3 aromatic rings. The molecule has 0 amide bonds. The van der Waals surface area contributed by atoms with Gasteiger partial charge in [-0.25, -0.2) is 4.98 Å². The zero-order valence-electron chi connectivity index (χ0n) is 15.7. The van der Waals surface area contributed by atoms with Gasteiger partial charge < -0.3 is 20.5 Å². The molecule has 1 heterocycles. The average molecular weight is 374 g/mol. The van der Waals surface area contributed by atoms with Crippen LogP contribution >= 0.6 is 0 Å². The molecule has 0 fully saturated rings. The molecule has 142 valence electrons. The van der Waals surface area contributed by atoms with Crippen LogP contribution in [0.4, 0.5) is 11.6 Å². The number of allylic oxidation sites excluding steroid dienone is 1. The minimum absolute atomic E-state index is 0.449. The van der Waals surface area contributed by atoms with Crippen molar-refractivity contribution < 1.29 is 9.47 Å². The molecule has 0 saturated heterocycles. The van der Waals surface area contributed by atoms with E-state index in [-0.39, 0.29) is 0 Å². The summed E-state index contributed by atoms with van der Waals surface area (Å²) in [4.78, 5) is 8.71. The first-order chi connectivity index (χ1) is 13.7. The van der Waals surface area contributed by atoms with Crippen LogP contribution in [0.2, 0.25) is 0 Å². The predicted octanol–water partition coefficient (Wildman–Crippen LogP) is 4.31. The molecule has 4 rings (SSSR count). The molecule has 0 bridgehead atoms. The number of hydrogen-bond donors (Lipinski definition) is 2. The van der Waals surface area contributed by atoms with Crippen molar-refractivity contribution in [3.8, 4) is 17.4 Å². The normalized spacial score (nSPS) is 12.3. The van der Waals surface area contributed by atoms with E-state index in [0.717, 1.165) is 23.6 Å². The Morgan fingerprint density at radius 3 is 2.93 bits per heavy atom. The topological polar surface area (TPSA) is 82.3 Å². The molecular formula is C22H22N4O2. The predicted molar refractivity (Wildman–Crippen MR) is 110 cm³/mol. The average Bonchev–Trinajstić information content (AvgIpc) is 3.06. The molecule has 1 aromatic heterocycles. The monoisotopic (exact) mass is 374 g/mol. The number of nitrogens with two attached hydrogens (primary N) is 1. The lowest BCUT2D eigenvalue weighted by atomic mass is 10.1. The molecule has 0 saturated carbocycles. The van der Waals surface area contributed by atoms with E-state index in [4.69, 9.17) is 15.2 Å². The smallest absolute Gasteiger partial charge is 0.230 e. The molecule has 6 heteroatoms. The summed E-state index contributed by atoms with van der Waals surface area (Å²) < 4.78 is 11.5. The van der Waals surface area contributed by atoms with Gasteiger partial charge in [0, 0.05) is 30.6 Å². The van der Waals surface area contributed by atoms with Crippen molar-refractivity contribution in [3.05, 3.63) is 71.4 Å². The Morgan fingerprint density at radius 1 is 1.11 bits per heavy atom. The van der Waals surface area contributed by atoms with E-state index in [9.17, 15) is 0 Å². The zero-order valence-corrected chi connectivity index (χ0v) is 15.7. The van der Waals surface area contributed by atoms with Crippen LogP contribution in [0.1, 0.15) is 18.1 Å². The first kappa shape index (κ1) is 18.0. The Morgan fingerprint density at radius 2 is 2.04 bits per heavy atom. The number of ether oxygens (including phenoxy) is 2. The molecule has 0 aliphatic heterocycles. The van der Waals surface area contributed by atoms with Gasteiger partial charge in [-0.1, -0.05) is 23.8 Å². The number of aromatic nitrogens is 2. The van der Waals surface area contributed by atoms with Crippen molar-refractivity contribution in [2.24, 2.45) is 5.73 Å². The fourth-order valence-corrected chi connectivity index (χ4v) is 3.10. The van der Waals surface area contributed by atoms with Gasteiger partial charge in [-0.05, 0) is 48.7 Å².